The summed E-state index contributed by atoms with van der Waals surface area (Å²) in [6, 6.07) is 0. The maximum Gasteiger partial charge on any atom is 0.170 e. The molecular formula is C8H13BrIN3O. The molecule has 0 unspecified atom stereocenters. The number of rotatable bonds is 2. The Kier molecular flexibility index (Phi) is 5.84. The van der Waals surface area contributed by atoms with Gasteiger partial charge in [-0.25, -0.2) is 15.0 Å². The molecule has 0 spiro atoms. The van der Waals surface area contributed by atoms with E-state index in [1.54, 1.807) is 19.2 Å². The average Bonchev–Trinajstić information content (AvgIpc) is 2.10. The molecule has 80 valence electrons. The number of hydrogen-bond donors (Lipinski definition) is 0. The van der Waals surface area contributed by atoms with E-state index >= 15 is 0 Å². The van der Waals surface area contributed by atoms with Crippen LogP contribution in [0.1, 0.15) is 11.5 Å². The van der Waals surface area contributed by atoms with E-state index in [9.17, 15) is 0 Å². The molecule has 0 aliphatic carbocycles. The van der Waals surface area contributed by atoms with Gasteiger partial charge in [-0.2, -0.15) is 0 Å². The first-order valence-electron chi connectivity index (χ1n) is 3.85. The number of anilines is 1. The van der Waals surface area contributed by atoms with Crippen LogP contribution in [-0.4, -0.2) is 24.1 Å². The van der Waals surface area contributed by atoms with Crippen LogP contribution in [0.3, 0.4) is 0 Å². The number of aromatic nitrogens is 2. The molecule has 1 rings (SSSR count). The molecule has 1 heterocycles. The van der Waals surface area contributed by atoms with Gasteiger partial charge in [0.15, 0.2) is 5.82 Å². The van der Waals surface area contributed by atoms with Gasteiger partial charge in [0.25, 0.3) is 0 Å². The number of halogens is 2. The van der Waals surface area contributed by atoms with E-state index in [4.69, 9.17) is 4.84 Å². The van der Waals surface area contributed by atoms with Crippen molar-refractivity contribution >= 4 is 45.7 Å². The quantitative estimate of drug-likeness (QED) is 0.589. The van der Waals surface area contributed by atoms with Gasteiger partial charge >= 0.3 is 0 Å². The summed E-state index contributed by atoms with van der Waals surface area (Å²) in [5, 5.41) is 1.59. The molecule has 0 saturated carbocycles. The Hall–Kier alpha value is 0.0500. The summed E-state index contributed by atoms with van der Waals surface area (Å²) in [6.45, 7) is 3.78. The molecule has 0 atom stereocenters. The fourth-order valence-electron chi connectivity index (χ4n) is 0.976. The largest absolute Gasteiger partial charge is 0.276 e. The maximum atomic E-state index is 5.04. The van der Waals surface area contributed by atoms with Crippen molar-refractivity contribution in [3.63, 3.8) is 0 Å². The Morgan fingerprint density at radius 2 is 1.86 bits per heavy atom. The van der Waals surface area contributed by atoms with Gasteiger partial charge in [0.1, 0.15) is 5.82 Å². The highest BCUT2D eigenvalue weighted by atomic mass is 127. The van der Waals surface area contributed by atoms with Crippen molar-refractivity contribution in [2.45, 2.75) is 13.8 Å². The highest BCUT2D eigenvalue weighted by Crippen LogP contribution is 2.25. The van der Waals surface area contributed by atoms with E-state index < -0.39 is 0 Å². The smallest absolute Gasteiger partial charge is 0.170 e. The Bertz CT molecular complexity index is 322. The molecule has 1 aromatic rings. The molecule has 0 saturated heterocycles. The zero-order valence-electron chi connectivity index (χ0n) is 8.54. The van der Waals surface area contributed by atoms with Crippen LogP contribution in [-0.2, 0) is 4.84 Å². The third-order valence-corrected chi connectivity index (χ3v) is 2.61. The highest BCUT2D eigenvalue weighted by molar-refractivity contribution is 14.0. The second-order valence-electron chi connectivity index (χ2n) is 2.67. The second-order valence-corrected chi connectivity index (χ2v) is 3.47. The SMILES string of the molecule is CON(C)c1nc(C)nc(C)c1Br.I. The van der Waals surface area contributed by atoms with Crippen molar-refractivity contribution in [1.82, 2.24) is 9.97 Å². The average molecular weight is 374 g/mol. The predicted octanol–water partition coefficient (Wildman–Crippen LogP) is 2.47. The van der Waals surface area contributed by atoms with Crippen molar-refractivity contribution in [2.75, 3.05) is 19.2 Å². The molecule has 0 fully saturated rings. The van der Waals surface area contributed by atoms with Gasteiger partial charge in [0.2, 0.25) is 0 Å². The minimum atomic E-state index is 0. The monoisotopic (exact) mass is 373 g/mol. The van der Waals surface area contributed by atoms with Crippen molar-refractivity contribution in [1.29, 1.82) is 0 Å². The molecule has 0 amide bonds. The number of aryl methyl sites for hydroxylation is 2. The van der Waals surface area contributed by atoms with Gasteiger partial charge in [-0.15, -0.1) is 24.0 Å². The molecule has 0 N–H and O–H groups in total. The van der Waals surface area contributed by atoms with E-state index in [0.717, 1.165) is 21.8 Å². The van der Waals surface area contributed by atoms with Gasteiger partial charge < -0.3 is 0 Å². The predicted molar refractivity (Wildman–Crippen MR) is 70.0 cm³/mol. The maximum absolute atomic E-state index is 5.04. The van der Waals surface area contributed by atoms with E-state index in [1.807, 2.05) is 13.8 Å². The number of hydrogen-bond acceptors (Lipinski definition) is 4. The fourth-order valence-corrected chi connectivity index (χ4v) is 1.40. The van der Waals surface area contributed by atoms with Gasteiger partial charge in [-0.1, -0.05) is 0 Å². The van der Waals surface area contributed by atoms with Crippen LogP contribution in [0.15, 0.2) is 4.47 Å². The van der Waals surface area contributed by atoms with Crippen LogP contribution in [0.25, 0.3) is 0 Å². The molecular weight excluding hydrogens is 361 g/mol. The summed E-state index contributed by atoms with van der Waals surface area (Å²) < 4.78 is 0.863. The fraction of sp³-hybridized carbons (Fsp3) is 0.500. The third kappa shape index (κ3) is 3.03. The molecule has 0 aliphatic rings. The Balaban J connectivity index is 0.00000169. The summed E-state index contributed by atoms with van der Waals surface area (Å²) in [7, 11) is 3.39. The van der Waals surface area contributed by atoms with Gasteiger partial charge in [-0.3, -0.25) is 4.84 Å². The first-order valence-corrected chi connectivity index (χ1v) is 4.64. The molecule has 0 aliphatic heterocycles. The van der Waals surface area contributed by atoms with Crippen LogP contribution in [0, 0.1) is 13.8 Å². The number of nitrogens with zero attached hydrogens (tertiary/aromatic N) is 3. The standard InChI is InChI=1S/C8H12BrN3O.HI/c1-5-7(9)8(12(3)13-4)11-6(2)10-5;/h1-4H3;1H. The zero-order valence-corrected chi connectivity index (χ0v) is 12.5. The lowest BCUT2D eigenvalue weighted by molar-refractivity contribution is 0.182. The molecule has 0 bridgehead atoms. The first-order chi connectivity index (χ1) is 6.06. The summed E-state index contributed by atoms with van der Waals surface area (Å²) >= 11 is 3.41. The molecule has 14 heavy (non-hydrogen) atoms. The summed E-state index contributed by atoms with van der Waals surface area (Å²) in [5.41, 5.74) is 0.909. The van der Waals surface area contributed by atoms with Crippen molar-refractivity contribution in [2.24, 2.45) is 0 Å². The lowest BCUT2D eigenvalue weighted by Crippen LogP contribution is -2.18. The Morgan fingerprint density at radius 3 is 2.36 bits per heavy atom. The Labute approximate surface area is 109 Å². The minimum Gasteiger partial charge on any atom is -0.276 e. The van der Waals surface area contributed by atoms with Gasteiger partial charge in [-0.05, 0) is 29.8 Å². The molecule has 4 nitrogen and oxygen atoms in total. The second kappa shape index (κ2) is 5.82. The minimum absolute atomic E-state index is 0. The summed E-state index contributed by atoms with van der Waals surface area (Å²) in [6.07, 6.45) is 0. The van der Waals surface area contributed by atoms with Crippen LogP contribution < -0.4 is 5.06 Å². The van der Waals surface area contributed by atoms with E-state index in [-0.39, 0.29) is 24.0 Å². The lowest BCUT2D eigenvalue weighted by Gasteiger charge is -2.17. The first kappa shape index (κ1) is 14.1. The lowest BCUT2D eigenvalue weighted by atomic mass is 10.4. The molecule has 6 heteroatoms. The van der Waals surface area contributed by atoms with E-state index in [2.05, 4.69) is 25.9 Å². The van der Waals surface area contributed by atoms with Crippen LogP contribution >= 0.6 is 39.9 Å². The summed E-state index contributed by atoms with van der Waals surface area (Å²) in [5.74, 6) is 1.48. The van der Waals surface area contributed by atoms with E-state index in [0.29, 0.717) is 0 Å². The van der Waals surface area contributed by atoms with Crippen LogP contribution in [0.4, 0.5) is 5.82 Å². The zero-order chi connectivity index (χ0) is 10.0. The summed E-state index contributed by atoms with van der Waals surface area (Å²) in [4.78, 5) is 13.5. The van der Waals surface area contributed by atoms with Crippen molar-refractivity contribution in [3.05, 3.63) is 16.0 Å². The van der Waals surface area contributed by atoms with Gasteiger partial charge in [0, 0.05) is 7.05 Å². The van der Waals surface area contributed by atoms with Crippen LogP contribution in [0.2, 0.25) is 0 Å². The highest BCUT2D eigenvalue weighted by Gasteiger charge is 2.10. The molecule has 0 radical (unpaired) electrons. The topological polar surface area (TPSA) is 38.2 Å². The molecule has 0 aromatic carbocycles. The number of hydroxylamine groups is 1. The van der Waals surface area contributed by atoms with Crippen molar-refractivity contribution in [3.8, 4) is 0 Å². The normalized spacial score (nSPS) is 9.50. The third-order valence-electron chi connectivity index (χ3n) is 1.68. The Morgan fingerprint density at radius 1 is 1.29 bits per heavy atom. The van der Waals surface area contributed by atoms with Crippen molar-refractivity contribution < 1.29 is 4.84 Å². The molecule has 1 aromatic heterocycles. The van der Waals surface area contributed by atoms with Crippen LogP contribution in [0.5, 0.6) is 0 Å². The van der Waals surface area contributed by atoms with Gasteiger partial charge in [0.05, 0.1) is 17.3 Å². The van der Waals surface area contributed by atoms with E-state index in [1.165, 1.54) is 0 Å².